The van der Waals surface area contributed by atoms with Crippen molar-refractivity contribution in [3.05, 3.63) is 64.2 Å². The van der Waals surface area contributed by atoms with Gasteiger partial charge in [-0.25, -0.2) is 0 Å². The minimum atomic E-state index is -0.601. The number of amides is 2. The minimum absolute atomic E-state index is 0.0374. The summed E-state index contributed by atoms with van der Waals surface area (Å²) < 4.78 is 5.01. The second-order valence-corrected chi connectivity index (χ2v) is 7.24. The molecule has 2 aromatic carbocycles. The predicted molar refractivity (Wildman–Crippen MR) is 108 cm³/mol. The van der Waals surface area contributed by atoms with Crippen molar-refractivity contribution in [2.75, 3.05) is 19.0 Å². The van der Waals surface area contributed by atoms with E-state index in [1.807, 2.05) is 0 Å². The number of ether oxygens (including phenoxy) is 1. The highest BCUT2D eigenvalue weighted by molar-refractivity contribution is 8.00. The Balaban J connectivity index is 1.80. The summed E-state index contributed by atoms with van der Waals surface area (Å²) in [5, 5.41) is 15.1. The highest BCUT2D eigenvalue weighted by Gasteiger charge is 2.18. The Morgan fingerprint density at radius 3 is 2.28 bits per heavy atom. The molecule has 0 aromatic heterocycles. The molecule has 0 bridgehead atoms. The van der Waals surface area contributed by atoms with Crippen LogP contribution in [0.4, 0.5) is 11.4 Å². The van der Waals surface area contributed by atoms with E-state index in [-0.39, 0.29) is 11.6 Å². The molecule has 0 radical (unpaired) electrons. The van der Waals surface area contributed by atoms with E-state index in [2.05, 4.69) is 10.6 Å². The number of nitro benzene ring substituents is 1. The molecule has 2 amide bonds. The molecule has 0 spiro atoms. The van der Waals surface area contributed by atoms with Crippen LogP contribution in [0.1, 0.15) is 17.3 Å². The summed E-state index contributed by atoms with van der Waals surface area (Å²) >= 11 is 1.17. The molecule has 152 valence electrons. The third-order valence-corrected chi connectivity index (χ3v) is 4.79. The van der Waals surface area contributed by atoms with Gasteiger partial charge in [0.1, 0.15) is 5.25 Å². The smallest absolute Gasteiger partial charge is 0.319 e. The lowest BCUT2D eigenvalue weighted by Gasteiger charge is -2.11. The third kappa shape index (κ3) is 6.61. The van der Waals surface area contributed by atoms with Gasteiger partial charge >= 0.3 is 5.97 Å². The lowest BCUT2D eigenvalue weighted by atomic mass is 10.2. The SMILES string of the molecule is CNC(=O)c1ccc(NC(=O)COC(=O)[C@@H](C)Sc2ccc([N+](=O)[O-])cc2)cc1. The van der Waals surface area contributed by atoms with E-state index in [0.29, 0.717) is 16.1 Å². The van der Waals surface area contributed by atoms with Crippen LogP contribution in [0.2, 0.25) is 0 Å². The first kappa shape index (κ1) is 21.9. The average molecular weight is 417 g/mol. The molecular weight excluding hydrogens is 398 g/mol. The molecule has 10 heteroatoms. The molecule has 1 atom stereocenters. The summed E-state index contributed by atoms with van der Waals surface area (Å²) in [4.78, 5) is 46.3. The monoisotopic (exact) mass is 417 g/mol. The first-order valence-electron chi connectivity index (χ1n) is 8.50. The molecule has 0 fully saturated rings. The van der Waals surface area contributed by atoms with Crippen LogP contribution in [0, 0.1) is 10.1 Å². The zero-order chi connectivity index (χ0) is 21.4. The van der Waals surface area contributed by atoms with Crippen LogP contribution in [0.3, 0.4) is 0 Å². The van der Waals surface area contributed by atoms with E-state index in [1.165, 1.54) is 30.9 Å². The van der Waals surface area contributed by atoms with Gasteiger partial charge in [-0.05, 0) is 43.3 Å². The number of carbonyl (C=O) groups excluding carboxylic acids is 3. The van der Waals surface area contributed by atoms with Crippen LogP contribution in [0.25, 0.3) is 0 Å². The number of anilines is 1. The van der Waals surface area contributed by atoms with Crippen molar-refractivity contribution in [3.8, 4) is 0 Å². The summed E-state index contributed by atoms with van der Waals surface area (Å²) in [6, 6.07) is 12.0. The van der Waals surface area contributed by atoms with E-state index in [4.69, 9.17) is 4.74 Å². The van der Waals surface area contributed by atoms with Gasteiger partial charge in [-0.1, -0.05) is 0 Å². The zero-order valence-electron chi connectivity index (χ0n) is 15.7. The largest absolute Gasteiger partial charge is 0.455 e. The Bertz CT molecular complexity index is 899. The van der Waals surface area contributed by atoms with Gasteiger partial charge in [-0.2, -0.15) is 0 Å². The topological polar surface area (TPSA) is 128 Å². The van der Waals surface area contributed by atoms with E-state index < -0.39 is 28.7 Å². The third-order valence-electron chi connectivity index (χ3n) is 3.70. The van der Waals surface area contributed by atoms with E-state index >= 15 is 0 Å². The number of carbonyl (C=O) groups is 3. The van der Waals surface area contributed by atoms with Crippen LogP contribution >= 0.6 is 11.8 Å². The highest BCUT2D eigenvalue weighted by Crippen LogP contribution is 2.26. The van der Waals surface area contributed by atoms with Gasteiger partial charge in [0.05, 0.1) is 4.92 Å². The fourth-order valence-electron chi connectivity index (χ4n) is 2.20. The van der Waals surface area contributed by atoms with Gasteiger partial charge < -0.3 is 15.4 Å². The predicted octanol–water partition coefficient (Wildman–Crippen LogP) is 2.62. The molecule has 0 heterocycles. The fraction of sp³-hybridized carbons (Fsp3) is 0.211. The molecule has 0 aliphatic rings. The maximum absolute atomic E-state index is 12.1. The lowest BCUT2D eigenvalue weighted by Crippen LogP contribution is -2.24. The first-order chi connectivity index (χ1) is 13.8. The van der Waals surface area contributed by atoms with Crippen molar-refractivity contribution < 1.29 is 24.0 Å². The van der Waals surface area contributed by atoms with Gasteiger partial charge in [-0.3, -0.25) is 24.5 Å². The van der Waals surface area contributed by atoms with Crippen LogP contribution < -0.4 is 10.6 Å². The summed E-state index contributed by atoms with van der Waals surface area (Å²) in [5.74, 6) is -1.34. The molecule has 0 aliphatic carbocycles. The van der Waals surface area contributed by atoms with Crippen molar-refractivity contribution in [1.82, 2.24) is 5.32 Å². The number of benzene rings is 2. The first-order valence-corrected chi connectivity index (χ1v) is 9.38. The number of hydrogen-bond donors (Lipinski definition) is 2. The molecule has 2 aromatic rings. The number of thioether (sulfide) groups is 1. The molecule has 2 N–H and O–H groups in total. The minimum Gasteiger partial charge on any atom is -0.455 e. The summed E-state index contributed by atoms with van der Waals surface area (Å²) in [5.41, 5.74) is 0.880. The Morgan fingerprint density at radius 1 is 1.10 bits per heavy atom. The fourth-order valence-corrected chi connectivity index (χ4v) is 3.06. The Kier molecular flexibility index (Phi) is 7.72. The quantitative estimate of drug-likeness (QED) is 0.292. The average Bonchev–Trinajstić information content (AvgIpc) is 2.72. The van der Waals surface area contributed by atoms with Crippen molar-refractivity contribution >= 4 is 40.9 Å². The maximum atomic E-state index is 12.1. The van der Waals surface area contributed by atoms with Crippen LogP contribution in [0.5, 0.6) is 0 Å². The van der Waals surface area contributed by atoms with Gasteiger partial charge in [0, 0.05) is 35.3 Å². The van der Waals surface area contributed by atoms with Gasteiger partial charge in [-0.15, -0.1) is 11.8 Å². The second-order valence-electron chi connectivity index (χ2n) is 5.82. The Labute approximate surface area is 171 Å². The number of esters is 1. The molecular formula is C19H19N3O6S. The Morgan fingerprint density at radius 2 is 1.72 bits per heavy atom. The van der Waals surface area contributed by atoms with Crippen molar-refractivity contribution in [1.29, 1.82) is 0 Å². The number of rotatable bonds is 8. The Hall–Kier alpha value is -3.40. The number of non-ortho nitro benzene ring substituents is 1. The number of nitrogens with zero attached hydrogens (tertiary/aromatic N) is 1. The van der Waals surface area contributed by atoms with E-state index in [9.17, 15) is 24.5 Å². The molecule has 29 heavy (non-hydrogen) atoms. The zero-order valence-corrected chi connectivity index (χ0v) is 16.5. The highest BCUT2D eigenvalue weighted by atomic mass is 32.2. The molecule has 9 nitrogen and oxygen atoms in total. The molecule has 0 saturated carbocycles. The van der Waals surface area contributed by atoms with Crippen LogP contribution in [-0.2, 0) is 14.3 Å². The van der Waals surface area contributed by atoms with Crippen molar-refractivity contribution in [3.63, 3.8) is 0 Å². The van der Waals surface area contributed by atoms with Crippen LogP contribution in [0.15, 0.2) is 53.4 Å². The number of hydrogen-bond acceptors (Lipinski definition) is 7. The standard InChI is InChI=1S/C19H19N3O6S/c1-12(29-16-9-7-15(8-10-16)22(26)27)19(25)28-11-17(23)21-14-5-3-13(4-6-14)18(24)20-2/h3-10,12H,11H2,1-2H3,(H,20,24)(H,21,23)/t12-/m1/s1. The van der Waals surface area contributed by atoms with Gasteiger partial charge in [0.2, 0.25) is 0 Å². The molecule has 0 saturated heterocycles. The molecule has 0 unspecified atom stereocenters. The summed E-state index contributed by atoms with van der Waals surface area (Å²) in [6.45, 7) is 1.16. The van der Waals surface area contributed by atoms with Crippen molar-refractivity contribution in [2.24, 2.45) is 0 Å². The summed E-state index contributed by atoms with van der Waals surface area (Å²) in [7, 11) is 1.52. The number of nitrogens with one attached hydrogen (secondary N) is 2. The van der Waals surface area contributed by atoms with E-state index in [1.54, 1.807) is 43.3 Å². The van der Waals surface area contributed by atoms with E-state index in [0.717, 1.165) is 0 Å². The second kappa shape index (κ2) is 10.2. The normalized spacial score (nSPS) is 11.2. The maximum Gasteiger partial charge on any atom is 0.319 e. The van der Waals surface area contributed by atoms with Crippen LogP contribution in [-0.4, -0.2) is 41.6 Å². The molecule has 0 aliphatic heterocycles. The summed E-state index contributed by atoms with van der Waals surface area (Å²) in [6.07, 6.45) is 0. The number of nitro groups is 1. The lowest BCUT2D eigenvalue weighted by molar-refractivity contribution is -0.384. The molecule has 2 rings (SSSR count). The van der Waals surface area contributed by atoms with Gasteiger partial charge in [0.15, 0.2) is 6.61 Å². The van der Waals surface area contributed by atoms with Crippen molar-refractivity contribution in [2.45, 2.75) is 17.1 Å². The van der Waals surface area contributed by atoms with Gasteiger partial charge in [0.25, 0.3) is 17.5 Å².